The van der Waals surface area contributed by atoms with Crippen LogP contribution < -0.4 is 9.47 Å². The van der Waals surface area contributed by atoms with Crippen LogP contribution in [-0.2, 0) is 14.2 Å². The first-order valence-corrected chi connectivity index (χ1v) is 6.88. The predicted octanol–water partition coefficient (Wildman–Crippen LogP) is 2.84. The minimum Gasteiger partial charge on any atom is -0.497 e. The van der Waals surface area contributed by atoms with Crippen molar-refractivity contribution in [1.29, 1.82) is 0 Å². The Morgan fingerprint density at radius 1 is 0.800 bits per heavy atom. The van der Waals surface area contributed by atoms with E-state index in [1.54, 1.807) is 7.11 Å². The van der Waals surface area contributed by atoms with E-state index in [4.69, 9.17) is 23.7 Å². The van der Waals surface area contributed by atoms with Gasteiger partial charge in [0.25, 0.3) is 0 Å². The zero-order valence-electron chi connectivity index (χ0n) is 12.7. The molecule has 114 valence electrons. The maximum atomic E-state index is 5.70. The van der Waals surface area contributed by atoms with Gasteiger partial charge in [-0.05, 0) is 45.0 Å². The van der Waals surface area contributed by atoms with Crippen molar-refractivity contribution in [3.63, 3.8) is 0 Å². The Morgan fingerprint density at radius 3 is 1.65 bits per heavy atom. The Bertz CT molecular complexity index is 346. The van der Waals surface area contributed by atoms with Crippen molar-refractivity contribution in [2.24, 2.45) is 0 Å². The average Bonchev–Trinajstić information content (AvgIpc) is 2.46. The fourth-order valence-electron chi connectivity index (χ4n) is 1.75. The third kappa shape index (κ3) is 5.00. The third-order valence-corrected chi connectivity index (χ3v) is 2.57. The summed E-state index contributed by atoms with van der Waals surface area (Å²) >= 11 is 0. The summed E-state index contributed by atoms with van der Waals surface area (Å²) in [6.45, 7) is 7.26. The smallest absolute Gasteiger partial charge is 0.319 e. The van der Waals surface area contributed by atoms with Crippen LogP contribution in [0.15, 0.2) is 24.3 Å². The van der Waals surface area contributed by atoms with Crippen molar-refractivity contribution in [3.05, 3.63) is 24.3 Å². The minimum atomic E-state index is -1.15. The van der Waals surface area contributed by atoms with Crippen LogP contribution in [0.2, 0.25) is 0 Å². The summed E-state index contributed by atoms with van der Waals surface area (Å²) in [5, 5.41) is 0. The summed E-state index contributed by atoms with van der Waals surface area (Å²) in [5.74, 6) is 0.329. The van der Waals surface area contributed by atoms with E-state index in [-0.39, 0.29) is 6.61 Å². The van der Waals surface area contributed by atoms with Gasteiger partial charge in [-0.2, -0.15) is 0 Å². The van der Waals surface area contributed by atoms with Crippen molar-refractivity contribution in [2.75, 3.05) is 33.5 Å². The van der Waals surface area contributed by atoms with Crippen LogP contribution in [0.25, 0.3) is 0 Å². The van der Waals surface area contributed by atoms with Gasteiger partial charge >= 0.3 is 5.97 Å². The van der Waals surface area contributed by atoms with Gasteiger partial charge in [0.05, 0.1) is 7.11 Å². The number of hydrogen-bond donors (Lipinski definition) is 0. The summed E-state index contributed by atoms with van der Waals surface area (Å²) in [6, 6.07) is 7.32. The Balaban J connectivity index is 2.67. The van der Waals surface area contributed by atoms with Crippen molar-refractivity contribution < 1.29 is 23.7 Å². The second-order valence-corrected chi connectivity index (χ2v) is 3.95. The van der Waals surface area contributed by atoms with Crippen molar-refractivity contribution in [3.8, 4) is 11.5 Å². The van der Waals surface area contributed by atoms with Gasteiger partial charge in [-0.25, -0.2) is 0 Å². The van der Waals surface area contributed by atoms with Crippen LogP contribution in [-0.4, -0.2) is 39.5 Å². The van der Waals surface area contributed by atoms with E-state index >= 15 is 0 Å². The number of methoxy groups -OCH3 is 1. The summed E-state index contributed by atoms with van der Waals surface area (Å²) in [5.41, 5.74) is 0. The first-order valence-electron chi connectivity index (χ1n) is 6.88. The van der Waals surface area contributed by atoms with Gasteiger partial charge in [-0.1, -0.05) is 0 Å². The summed E-state index contributed by atoms with van der Waals surface area (Å²) in [7, 11) is 1.63. The van der Waals surface area contributed by atoms with Crippen LogP contribution in [0.1, 0.15) is 20.8 Å². The van der Waals surface area contributed by atoms with Crippen LogP contribution >= 0.6 is 0 Å². The lowest BCUT2D eigenvalue weighted by Gasteiger charge is -2.31. The number of hydrogen-bond acceptors (Lipinski definition) is 5. The molecule has 0 atom stereocenters. The monoisotopic (exact) mass is 284 g/mol. The Hall–Kier alpha value is -1.30. The number of benzene rings is 1. The molecule has 0 aliphatic rings. The molecule has 0 spiro atoms. The molecular formula is C15H24O5. The molecule has 0 fully saturated rings. The molecule has 1 aromatic carbocycles. The van der Waals surface area contributed by atoms with E-state index in [1.807, 2.05) is 45.0 Å². The molecule has 0 saturated heterocycles. The molecule has 0 aliphatic carbocycles. The maximum Gasteiger partial charge on any atom is 0.319 e. The topological polar surface area (TPSA) is 46.2 Å². The fourth-order valence-corrected chi connectivity index (χ4v) is 1.75. The highest BCUT2D eigenvalue weighted by Gasteiger charge is 2.33. The summed E-state index contributed by atoms with van der Waals surface area (Å²) < 4.78 is 27.5. The van der Waals surface area contributed by atoms with Crippen LogP contribution in [0, 0.1) is 0 Å². The Morgan fingerprint density at radius 2 is 1.25 bits per heavy atom. The minimum absolute atomic E-state index is 0.162. The molecule has 1 aromatic rings. The van der Waals surface area contributed by atoms with E-state index in [1.165, 1.54) is 0 Å². The van der Waals surface area contributed by atoms with E-state index in [0.717, 1.165) is 5.75 Å². The molecule has 0 aromatic heterocycles. The molecular weight excluding hydrogens is 260 g/mol. The molecule has 0 heterocycles. The van der Waals surface area contributed by atoms with Gasteiger partial charge in [-0.3, -0.25) is 0 Å². The van der Waals surface area contributed by atoms with Crippen LogP contribution in [0.4, 0.5) is 0 Å². The van der Waals surface area contributed by atoms with E-state index in [2.05, 4.69) is 0 Å². The van der Waals surface area contributed by atoms with Gasteiger partial charge in [0, 0.05) is 19.8 Å². The van der Waals surface area contributed by atoms with Gasteiger partial charge in [0.2, 0.25) is 0 Å². The number of rotatable bonds is 10. The third-order valence-electron chi connectivity index (χ3n) is 2.57. The lowest BCUT2D eigenvalue weighted by Crippen LogP contribution is -2.45. The highest BCUT2D eigenvalue weighted by atomic mass is 16.9. The zero-order valence-corrected chi connectivity index (χ0v) is 12.7. The van der Waals surface area contributed by atoms with Crippen molar-refractivity contribution >= 4 is 0 Å². The number of ether oxygens (including phenoxy) is 5. The highest BCUT2D eigenvalue weighted by Crippen LogP contribution is 2.21. The molecule has 0 amide bonds. The average molecular weight is 284 g/mol. The van der Waals surface area contributed by atoms with Crippen molar-refractivity contribution in [2.45, 2.75) is 26.7 Å². The molecule has 0 unspecified atom stereocenters. The summed E-state index contributed by atoms with van der Waals surface area (Å²) in [6.07, 6.45) is 0. The fraction of sp³-hybridized carbons (Fsp3) is 0.600. The second kappa shape index (κ2) is 8.79. The van der Waals surface area contributed by atoms with E-state index in [9.17, 15) is 0 Å². The summed E-state index contributed by atoms with van der Waals surface area (Å²) in [4.78, 5) is 0. The molecule has 0 N–H and O–H groups in total. The highest BCUT2D eigenvalue weighted by molar-refractivity contribution is 5.31. The molecule has 5 heteroatoms. The van der Waals surface area contributed by atoms with Crippen molar-refractivity contribution in [1.82, 2.24) is 0 Å². The Kier molecular flexibility index (Phi) is 7.36. The SMILES string of the molecule is CCOC(COc1ccc(OC)cc1)(OCC)OCC. The second-order valence-electron chi connectivity index (χ2n) is 3.95. The van der Waals surface area contributed by atoms with E-state index in [0.29, 0.717) is 25.6 Å². The molecule has 5 nitrogen and oxygen atoms in total. The molecule has 0 aliphatic heterocycles. The largest absolute Gasteiger partial charge is 0.497 e. The maximum absolute atomic E-state index is 5.70. The van der Waals surface area contributed by atoms with Crippen LogP contribution in [0.3, 0.4) is 0 Å². The molecule has 0 bridgehead atoms. The van der Waals surface area contributed by atoms with E-state index < -0.39 is 5.97 Å². The van der Waals surface area contributed by atoms with Crippen LogP contribution in [0.5, 0.6) is 11.5 Å². The molecule has 0 radical (unpaired) electrons. The molecule has 1 rings (SSSR count). The van der Waals surface area contributed by atoms with Gasteiger partial charge < -0.3 is 23.7 Å². The normalized spacial score (nSPS) is 11.4. The Labute approximate surface area is 120 Å². The van der Waals surface area contributed by atoms with Gasteiger partial charge in [0.15, 0.2) is 6.61 Å². The van der Waals surface area contributed by atoms with Gasteiger partial charge in [0.1, 0.15) is 11.5 Å². The lowest BCUT2D eigenvalue weighted by atomic mass is 10.3. The zero-order chi connectivity index (χ0) is 14.8. The predicted molar refractivity (Wildman–Crippen MR) is 76.1 cm³/mol. The molecule has 20 heavy (non-hydrogen) atoms. The first kappa shape index (κ1) is 16.8. The van der Waals surface area contributed by atoms with Gasteiger partial charge in [-0.15, -0.1) is 0 Å². The lowest BCUT2D eigenvalue weighted by molar-refractivity contribution is -0.384. The quantitative estimate of drug-likeness (QED) is 0.618. The molecule has 0 saturated carbocycles. The standard InChI is InChI=1S/C15H24O5/c1-5-18-15(19-6-2,20-7-3)12-17-14-10-8-13(16-4)9-11-14/h8-11H,5-7,12H2,1-4H3. The first-order chi connectivity index (χ1) is 9.69.